The zero-order chi connectivity index (χ0) is 14.6. The summed E-state index contributed by atoms with van der Waals surface area (Å²) in [6.45, 7) is 5.75. The summed E-state index contributed by atoms with van der Waals surface area (Å²) in [4.78, 5) is 17.3. The lowest BCUT2D eigenvalue weighted by Crippen LogP contribution is -2.63. The molecule has 21 heavy (non-hydrogen) atoms. The molecule has 118 valence electrons. The fourth-order valence-electron chi connectivity index (χ4n) is 4.68. The molecule has 0 spiro atoms. The molecule has 4 heterocycles. The summed E-state index contributed by atoms with van der Waals surface area (Å²) in [7, 11) is 0. The van der Waals surface area contributed by atoms with Gasteiger partial charge in [-0.1, -0.05) is 6.92 Å². The van der Waals surface area contributed by atoms with Gasteiger partial charge in [0.1, 0.15) is 0 Å². The number of thioether (sulfide) groups is 1. The molecular weight excluding hydrogens is 284 g/mol. The lowest BCUT2D eigenvalue weighted by molar-refractivity contribution is -0.149. The molecule has 2 unspecified atom stereocenters. The summed E-state index contributed by atoms with van der Waals surface area (Å²) in [6.07, 6.45) is 5.52. The van der Waals surface area contributed by atoms with Crippen molar-refractivity contribution in [1.29, 1.82) is 0 Å². The molecule has 3 atom stereocenters. The van der Waals surface area contributed by atoms with Crippen molar-refractivity contribution in [3.05, 3.63) is 0 Å². The lowest BCUT2D eigenvalue weighted by atomic mass is 9.79. The fourth-order valence-corrected chi connectivity index (χ4v) is 6.69. The molecular formula is C16H26N2O2S. The van der Waals surface area contributed by atoms with Gasteiger partial charge in [0.2, 0.25) is 5.91 Å². The number of carbonyl (C=O) groups excluding carboxylic acids is 1. The normalized spacial score (nSPS) is 44.1. The Balaban J connectivity index is 1.34. The number of likely N-dealkylation sites (tertiary alicyclic amines) is 2. The number of hydrogen-bond acceptors (Lipinski definition) is 4. The molecule has 0 aromatic heterocycles. The first-order valence-electron chi connectivity index (χ1n) is 8.40. The van der Waals surface area contributed by atoms with Gasteiger partial charge in [0, 0.05) is 48.1 Å². The van der Waals surface area contributed by atoms with E-state index in [9.17, 15) is 9.90 Å². The zero-order valence-electron chi connectivity index (χ0n) is 12.8. The molecule has 0 saturated carbocycles. The minimum atomic E-state index is -0.154. The van der Waals surface area contributed by atoms with E-state index in [2.05, 4.69) is 28.5 Å². The molecule has 0 aliphatic carbocycles. The second-order valence-electron chi connectivity index (χ2n) is 7.73. The topological polar surface area (TPSA) is 43.8 Å². The Kier molecular flexibility index (Phi) is 3.51. The highest BCUT2D eigenvalue weighted by atomic mass is 32.2. The molecule has 1 amide bonds. The van der Waals surface area contributed by atoms with E-state index in [0.717, 1.165) is 55.9 Å². The fraction of sp³-hybridized carbons (Fsp3) is 0.938. The highest BCUT2D eigenvalue weighted by Crippen LogP contribution is 2.52. The Morgan fingerprint density at radius 3 is 2.38 bits per heavy atom. The summed E-state index contributed by atoms with van der Waals surface area (Å²) in [5, 5.41) is 11.1. The van der Waals surface area contributed by atoms with Crippen molar-refractivity contribution in [3.63, 3.8) is 0 Å². The van der Waals surface area contributed by atoms with Crippen LogP contribution in [0.3, 0.4) is 0 Å². The third-order valence-electron chi connectivity index (χ3n) is 5.93. The third kappa shape index (κ3) is 2.51. The van der Waals surface area contributed by atoms with Gasteiger partial charge in [-0.15, -0.1) is 0 Å². The van der Waals surface area contributed by atoms with E-state index in [4.69, 9.17) is 0 Å². The van der Waals surface area contributed by atoms with Crippen molar-refractivity contribution >= 4 is 17.7 Å². The average molecular weight is 310 g/mol. The third-order valence-corrected chi connectivity index (χ3v) is 7.50. The summed E-state index contributed by atoms with van der Waals surface area (Å²) < 4.78 is 0. The number of aliphatic hydroxyl groups is 1. The standard InChI is InChI=1S/C16H26N2O2S/c1-16(6-13-2-3-14(7-16)21-13)15(20)18-8-11(9-18)17-5-4-12(19)10-17/h11-14,19H,2-10H2,1H3/t12-,13?,14?,16?/m1/s1. The van der Waals surface area contributed by atoms with Crippen molar-refractivity contribution in [2.45, 2.75) is 61.7 Å². The molecule has 1 N–H and O–H groups in total. The van der Waals surface area contributed by atoms with E-state index in [1.807, 2.05) is 0 Å². The minimum absolute atomic E-state index is 0.105. The van der Waals surface area contributed by atoms with E-state index in [-0.39, 0.29) is 11.5 Å². The van der Waals surface area contributed by atoms with Crippen LogP contribution in [-0.4, -0.2) is 69.6 Å². The SMILES string of the molecule is CC1(C(=O)N2CC(N3CC[C@@H](O)C3)C2)CC2CCC(C1)S2. The first-order chi connectivity index (χ1) is 10.0. The van der Waals surface area contributed by atoms with Gasteiger partial charge in [-0.3, -0.25) is 9.69 Å². The van der Waals surface area contributed by atoms with E-state index in [1.54, 1.807) is 0 Å². The summed E-state index contributed by atoms with van der Waals surface area (Å²) in [6, 6.07) is 0.490. The van der Waals surface area contributed by atoms with Gasteiger partial charge < -0.3 is 10.0 Å². The maximum absolute atomic E-state index is 12.9. The number of amides is 1. The molecule has 0 aromatic carbocycles. The van der Waals surface area contributed by atoms with E-state index in [0.29, 0.717) is 11.9 Å². The molecule has 4 rings (SSSR count). The van der Waals surface area contributed by atoms with Gasteiger partial charge in [0.25, 0.3) is 0 Å². The molecule has 0 radical (unpaired) electrons. The zero-order valence-corrected chi connectivity index (χ0v) is 13.6. The van der Waals surface area contributed by atoms with Gasteiger partial charge >= 0.3 is 0 Å². The average Bonchev–Trinajstić information content (AvgIpc) is 2.94. The molecule has 4 nitrogen and oxygen atoms in total. The summed E-state index contributed by atoms with van der Waals surface area (Å²) in [5.74, 6) is 0.399. The van der Waals surface area contributed by atoms with E-state index < -0.39 is 0 Å². The number of nitrogens with zero attached hydrogens (tertiary/aromatic N) is 2. The van der Waals surface area contributed by atoms with Crippen LogP contribution in [0.2, 0.25) is 0 Å². The van der Waals surface area contributed by atoms with Crippen LogP contribution in [-0.2, 0) is 4.79 Å². The molecule has 4 aliphatic heterocycles. The van der Waals surface area contributed by atoms with E-state index in [1.165, 1.54) is 12.8 Å². The Hall–Kier alpha value is -0.260. The van der Waals surface area contributed by atoms with Gasteiger partial charge in [0.05, 0.1) is 6.10 Å². The molecule has 2 bridgehead atoms. The van der Waals surface area contributed by atoms with Crippen LogP contribution in [0.15, 0.2) is 0 Å². The van der Waals surface area contributed by atoms with Gasteiger partial charge in [-0.05, 0) is 32.1 Å². The van der Waals surface area contributed by atoms with E-state index >= 15 is 0 Å². The van der Waals surface area contributed by atoms with Crippen LogP contribution in [0.4, 0.5) is 0 Å². The second-order valence-corrected chi connectivity index (χ2v) is 9.33. The Morgan fingerprint density at radius 2 is 1.81 bits per heavy atom. The number of hydrogen-bond donors (Lipinski definition) is 1. The number of aliphatic hydroxyl groups excluding tert-OH is 1. The van der Waals surface area contributed by atoms with Crippen molar-refractivity contribution in [1.82, 2.24) is 9.80 Å². The monoisotopic (exact) mass is 310 g/mol. The summed E-state index contributed by atoms with van der Waals surface area (Å²) >= 11 is 2.12. The highest BCUT2D eigenvalue weighted by Gasteiger charge is 2.49. The first kappa shape index (κ1) is 14.3. The van der Waals surface area contributed by atoms with Crippen LogP contribution in [0.1, 0.15) is 39.0 Å². The number of rotatable bonds is 2. The molecule has 0 aromatic rings. The van der Waals surface area contributed by atoms with Crippen molar-refractivity contribution in [3.8, 4) is 0 Å². The van der Waals surface area contributed by atoms with Crippen molar-refractivity contribution in [2.24, 2.45) is 5.41 Å². The van der Waals surface area contributed by atoms with Crippen LogP contribution < -0.4 is 0 Å². The van der Waals surface area contributed by atoms with Crippen molar-refractivity contribution in [2.75, 3.05) is 26.2 Å². The molecule has 4 saturated heterocycles. The lowest BCUT2D eigenvalue weighted by Gasteiger charge is -2.48. The number of fused-ring (bicyclic) bond motifs is 2. The quantitative estimate of drug-likeness (QED) is 0.836. The Morgan fingerprint density at radius 1 is 1.14 bits per heavy atom. The van der Waals surface area contributed by atoms with Gasteiger partial charge in [0.15, 0.2) is 0 Å². The van der Waals surface area contributed by atoms with Gasteiger partial charge in [-0.2, -0.15) is 11.8 Å². The first-order valence-corrected chi connectivity index (χ1v) is 9.35. The second kappa shape index (κ2) is 5.14. The van der Waals surface area contributed by atoms with Crippen LogP contribution in [0, 0.1) is 5.41 Å². The predicted molar refractivity (Wildman–Crippen MR) is 84.3 cm³/mol. The van der Waals surface area contributed by atoms with Crippen LogP contribution >= 0.6 is 11.8 Å². The predicted octanol–water partition coefficient (Wildman–Crippen LogP) is 1.33. The van der Waals surface area contributed by atoms with Crippen LogP contribution in [0.5, 0.6) is 0 Å². The highest BCUT2D eigenvalue weighted by molar-refractivity contribution is 8.00. The molecule has 4 aliphatic rings. The molecule has 5 heteroatoms. The largest absolute Gasteiger partial charge is 0.392 e. The smallest absolute Gasteiger partial charge is 0.228 e. The number of β-amino-alcohol motifs (C(OH)–C–C–N with tert-alkyl or cyclic N) is 1. The Bertz CT molecular complexity index is 426. The van der Waals surface area contributed by atoms with Crippen LogP contribution in [0.25, 0.3) is 0 Å². The van der Waals surface area contributed by atoms with Gasteiger partial charge in [-0.25, -0.2) is 0 Å². The Labute approximate surface area is 131 Å². The minimum Gasteiger partial charge on any atom is -0.392 e. The van der Waals surface area contributed by atoms with Crippen molar-refractivity contribution < 1.29 is 9.90 Å². The maximum Gasteiger partial charge on any atom is 0.228 e. The summed E-state index contributed by atoms with van der Waals surface area (Å²) in [5.41, 5.74) is -0.105. The maximum atomic E-state index is 12.9. The number of carbonyl (C=O) groups is 1. The molecule has 4 fully saturated rings.